The number of nitrogens with zero attached hydrogens (tertiary/aromatic N) is 3. The van der Waals surface area contributed by atoms with Gasteiger partial charge < -0.3 is 0 Å². The zero-order valence-corrected chi connectivity index (χ0v) is 10.6. The van der Waals surface area contributed by atoms with Crippen molar-refractivity contribution in [3.05, 3.63) is 60.3 Å². The minimum absolute atomic E-state index is 0.970. The van der Waals surface area contributed by atoms with Gasteiger partial charge in [-0.15, -0.1) is 0 Å². The second-order valence-corrected chi connectivity index (χ2v) is 4.36. The van der Waals surface area contributed by atoms with Crippen molar-refractivity contribution in [2.45, 2.75) is 0 Å². The summed E-state index contributed by atoms with van der Waals surface area (Å²) in [4.78, 5) is 0. The molecule has 0 saturated heterocycles. The number of hydrogen-bond donors (Lipinski definition) is 1. The van der Waals surface area contributed by atoms with Crippen molar-refractivity contribution in [3.8, 4) is 0 Å². The van der Waals surface area contributed by atoms with E-state index in [4.69, 9.17) is 0 Å². The molecule has 3 rings (SSSR count). The predicted molar refractivity (Wildman–Crippen MR) is 78.4 cm³/mol. The fourth-order valence-corrected chi connectivity index (χ4v) is 1.93. The minimum Gasteiger partial charge on any atom is -0.279 e. The molecular weight excluding hydrogens is 236 g/mol. The Balaban J connectivity index is 1.77. The Morgan fingerprint density at radius 1 is 1.16 bits per heavy atom. The van der Waals surface area contributed by atoms with E-state index in [9.17, 15) is 0 Å². The molecule has 2 aromatic carbocycles. The van der Waals surface area contributed by atoms with Gasteiger partial charge in [0.15, 0.2) is 0 Å². The van der Waals surface area contributed by atoms with Crippen molar-refractivity contribution < 1.29 is 0 Å². The van der Waals surface area contributed by atoms with Gasteiger partial charge in [0, 0.05) is 18.6 Å². The predicted octanol–water partition coefficient (Wildman–Crippen LogP) is 3.02. The van der Waals surface area contributed by atoms with Crippen molar-refractivity contribution in [1.29, 1.82) is 0 Å². The van der Waals surface area contributed by atoms with Gasteiger partial charge in [0.2, 0.25) is 0 Å². The Morgan fingerprint density at radius 2 is 2.00 bits per heavy atom. The molecule has 0 amide bonds. The van der Waals surface area contributed by atoms with Gasteiger partial charge in [-0.25, -0.2) is 0 Å². The van der Waals surface area contributed by atoms with Crippen LogP contribution in [0.1, 0.15) is 5.56 Å². The van der Waals surface area contributed by atoms with E-state index in [1.165, 1.54) is 0 Å². The van der Waals surface area contributed by atoms with Gasteiger partial charge in [-0.2, -0.15) is 10.2 Å². The number of aromatic nitrogens is 2. The molecule has 0 saturated carbocycles. The van der Waals surface area contributed by atoms with Crippen LogP contribution in [0.25, 0.3) is 10.9 Å². The lowest BCUT2D eigenvalue weighted by Crippen LogP contribution is -1.90. The normalized spacial score (nSPS) is 11.2. The first-order valence-electron chi connectivity index (χ1n) is 6.09. The lowest BCUT2D eigenvalue weighted by Gasteiger charge is -1.98. The number of para-hydroxylation sites is 1. The molecule has 1 heterocycles. The summed E-state index contributed by atoms with van der Waals surface area (Å²) in [6.07, 6.45) is 3.79. The largest absolute Gasteiger partial charge is 0.279 e. The van der Waals surface area contributed by atoms with Crippen LogP contribution in [0.15, 0.2) is 59.8 Å². The van der Waals surface area contributed by atoms with Crippen molar-refractivity contribution in [1.82, 2.24) is 9.78 Å². The molecule has 19 heavy (non-hydrogen) atoms. The van der Waals surface area contributed by atoms with E-state index >= 15 is 0 Å². The maximum Gasteiger partial charge on any atom is 0.0929 e. The van der Waals surface area contributed by atoms with E-state index in [1.807, 2.05) is 66.5 Å². The summed E-state index contributed by atoms with van der Waals surface area (Å²) in [6, 6.07) is 16.0. The zero-order chi connectivity index (χ0) is 13.1. The van der Waals surface area contributed by atoms with Gasteiger partial charge in [0.25, 0.3) is 0 Å². The quantitative estimate of drug-likeness (QED) is 0.573. The Labute approximate surface area is 111 Å². The molecule has 0 aliphatic carbocycles. The molecule has 3 aromatic rings. The summed E-state index contributed by atoms with van der Waals surface area (Å²) in [5, 5.41) is 9.73. The highest BCUT2D eigenvalue weighted by Gasteiger charge is 1.98. The van der Waals surface area contributed by atoms with Gasteiger partial charge >= 0.3 is 0 Å². The van der Waals surface area contributed by atoms with Crippen molar-refractivity contribution in [2.24, 2.45) is 12.1 Å². The Kier molecular flexibility index (Phi) is 2.98. The molecule has 0 bridgehead atoms. The summed E-state index contributed by atoms with van der Waals surface area (Å²) in [5.41, 5.74) is 5.96. The van der Waals surface area contributed by atoms with Gasteiger partial charge in [0.05, 0.1) is 17.4 Å². The maximum absolute atomic E-state index is 4.37. The van der Waals surface area contributed by atoms with Crippen molar-refractivity contribution in [3.63, 3.8) is 0 Å². The fraction of sp³-hybridized carbons (Fsp3) is 0.0667. The lowest BCUT2D eigenvalue weighted by atomic mass is 10.2. The van der Waals surface area contributed by atoms with Crippen molar-refractivity contribution >= 4 is 22.8 Å². The van der Waals surface area contributed by atoms with Crippen molar-refractivity contribution in [2.75, 3.05) is 5.43 Å². The van der Waals surface area contributed by atoms with Crippen LogP contribution in [0.2, 0.25) is 0 Å². The van der Waals surface area contributed by atoms with Gasteiger partial charge in [-0.3, -0.25) is 10.1 Å². The summed E-state index contributed by atoms with van der Waals surface area (Å²) < 4.78 is 1.81. The molecule has 0 aliphatic heterocycles. The second kappa shape index (κ2) is 4.94. The molecule has 1 N–H and O–H groups in total. The number of nitrogens with one attached hydrogen (secondary N) is 1. The molecule has 4 heteroatoms. The van der Waals surface area contributed by atoms with Crippen LogP contribution < -0.4 is 5.43 Å². The number of aryl methyl sites for hydroxylation is 1. The first-order chi connectivity index (χ1) is 9.31. The molecule has 0 fully saturated rings. The third-order valence-electron chi connectivity index (χ3n) is 2.83. The third kappa shape index (κ3) is 2.63. The Morgan fingerprint density at radius 3 is 2.84 bits per heavy atom. The van der Waals surface area contributed by atoms with Gasteiger partial charge in [-0.1, -0.05) is 30.3 Å². The first-order valence-corrected chi connectivity index (χ1v) is 6.09. The topological polar surface area (TPSA) is 42.2 Å². The number of fused-ring (bicyclic) bond motifs is 1. The molecule has 0 atom stereocenters. The van der Waals surface area contributed by atoms with E-state index in [0.29, 0.717) is 0 Å². The molecular formula is C15H14N4. The van der Waals surface area contributed by atoms with Gasteiger partial charge in [-0.05, 0) is 23.8 Å². The first kappa shape index (κ1) is 11.5. The monoisotopic (exact) mass is 250 g/mol. The molecule has 0 aliphatic rings. The number of hydrazone groups is 1. The second-order valence-electron chi connectivity index (χ2n) is 4.36. The van der Waals surface area contributed by atoms with Crippen LogP contribution in [0, 0.1) is 0 Å². The minimum atomic E-state index is 0.970. The molecule has 0 unspecified atom stereocenters. The fourth-order valence-electron chi connectivity index (χ4n) is 1.93. The summed E-state index contributed by atoms with van der Waals surface area (Å²) in [5.74, 6) is 0. The molecule has 94 valence electrons. The summed E-state index contributed by atoms with van der Waals surface area (Å²) in [6.45, 7) is 0. The average molecular weight is 250 g/mol. The number of benzene rings is 2. The smallest absolute Gasteiger partial charge is 0.0929 e. The molecule has 0 radical (unpaired) electrons. The molecule has 0 spiro atoms. The van der Waals surface area contributed by atoms with E-state index in [-0.39, 0.29) is 0 Å². The average Bonchev–Trinajstić information content (AvgIpc) is 2.79. The van der Waals surface area contributed by atoms with E-state index in [2.05, 4.69) is 15.6 Å². The standard InChI is InChI=1S/C15H14N4/c1-19-11-13-8-7-12(9-15(13)18-19)10-16-17-14-5-3-2-4-6-14/h2-11,17H,1H3. The lowest BCUT2D eigenvalue weighted by molar-refractivity contribution is 0.780. The highest BCUT2D eigenvalue weighted by molar-refractivity contribution is 5.88. The van der Waals surface area contributed by atoms with Crippen LogP contribution >= 0.6 is 0 Å². The number of rotatable bonds is 3. The van der Waals surface area contributed by atoms with Crippen LogP contribution in [-0.4, -0.2) is 16.0 Å². The maximum atomic E-state index is 4.37. The zero-order valence-electron chi connectivity index (χ0n) is 10.6. The number of anilines is 1. The van der Waals surface area contributed by atoms with E-state index in [1.54, 1.807) is 6.21 Å². The van der Waals surface area contributed by atoms with E-state index in [0.717, 1.165) is 22.2 Å². The summed E-state index contributed by atoms with van der Waals surface area (Å²) in [7, 11) is 1.92. The Hall–Kier alpha value is -2.62. The highest BCUT2D eigenvalue weighted by atomic mass is 15.3. The molecule has 1 aromatic heterocycles. The SMILES string of the molecule is Cn1cc2ccc(C=NNc3ccccc3)cc2n1. The van der Waals surface area contributed by atoms with Crippen LogP contribution in [0.3, 0.4) is 0 Å². The van der Waals surface area contributed by atoms with Gasteiger partial charge in [0.1, 0.15) is 0 Å². The van der Waals surface area contributed by atoms with Crippen LogP contribution in [0.4, 0.5) is 5.69 Å². The third-order valence-corrected chi connectivity index (χ3v) is 2.83. The number of hydrogen-bond acceptors (Lipinski definition) is 3. The van der Waals surface area contributed by atoms with Crippen LogP contribution in [0.5, 0.6) is 0 Å². The Bertz CT molecular complexity index is 713. The van der Waals surface area contributed by atoms with E-state index < -0.39 is 0 Å². The van der Waals surface area contributed by atoms with Crippen LogP contribution in [-0.2, 0) is 7.05 Å². The summed E-state index contributed by atoms with van der Waals surface area (Å²) >= 11 is 0. The molecule has 4 nitrogen and oxygen atoms in total. The highest BCUT2D eigenvalue weighted by Crippen LogP contribution is 2.13.